The van der Waals surface area contributed by atoms with E-state index in [4.69, 9.17) is 5.73 Å². The molecule has 0 radical (unpaired) electrons. The molecule has 4 rings (SSSR count). The van der Waals surface area contributed by atoms with Gasteiger partial charge in [-0.15, -0.1) is 10.2 Å². The molecular formula is C25H24F6N8. The zero-order valence-corrected chi connectivity index (χ0v) is 20.5. The number of rotatable bonds is 7. The average Bonchev–Trinajstić information content (AvgIpc) is 2.90. The standard InChI is InChI=1S/C25H24F6N8/c1-2-6-15(12-33-19-8-7-16(13-34-19)24(26,27)28)21-23(32)36-18(14-35-21)22-17(25(29,30)31)11-20(37-38-22)39-9-4-3-5-10-39/h2,6-8,11,13-14H,1,3-5,9-10,12H2,(H2,32,36)(H,33,34)/b15-6-. The predicted octanol–water partition coefficient (Wildman–Crippen LogP) is 5.62. The summed E-state index contributed by atoms with van der Waals surface area (Å²) >= 11 is 0. The quantitative estimate of drug-likeness (QED) is 0.289. The maximum atomic E-state index is 14.0. The van der Waals surface area contributed by atoms with Gasteiger partial charge in [-0.25, -0.2) is 9.97 Å². The first-order chi connectivity index (χ1) is 18.5. The lowest BCUT2D eigenvalue weighted by Gasteiger charge is -2.28. The van der Waals surface area contributed by atoms with Crippen LogP contribution in [0.3, 0.4) is 0 Å². The van der Waals surface area contributed by atoms with Crippen LogP contribution in [0.5, 0.6) is 0 Å². The number of hydrogen-bond donors (Lipinski definition) is 2. The minimum absolute atomic E-state index is 0.0146. The van der Waals surface area contributed by atoms with E-state index in [1.165, 1.54) is 12.2 Å². The number of piperidine rings is 1. The Kier molecular flexibility index (Phi) is 8.02. The van der Waals surface area contributed by atoms with Crippen molar-refractivity contribution in [2.45, 2.75) is 31.6 Å². The number of nitrogens with one attached hydrogen (secondary N) is 1. The van der Waals surface area contributed by atoms with Gasteiger partial charge in [0.25, 0.3) is 0 Å². The van der Waals surface area contributed by atoms with Gasteiger partial charge >= 0.3 is 12.4 Å². The zero-order chi connectivity index (χ0) is 28.2. The van der Waals surface area contributed by atoms with E-state index in [-0.39, 0.29) is 35.4 Å². The Morgan fingerprint density at radius 3 is 2.33 bits per heavy atom. The number of pyridine rings is 1. The molecule has 1 aliphatic rings. The number of aromatic nitrogens is 5. The van der Waals surface area contributed by atoms with Crippen LogP contribution in [-0.2, 0) is 12.4 Å². The van der Waals surface area contributed by atoms with Gasteiger partial charge in [0.15, 0.2) is 11.6 Å². The second kappa shape index (κ2) is 11.3. The van der Waals surface area contributed by atoms with Crippen molar-refractivity contribution in [3.8, 4) is 11.4 Å². The molecule has 1 aliphatic heterocycles. The third kappa shape index (κ3) is 6.62. The molecule has 3 aromatic heterocycles. The summed E-state index contributed by atoms with van der Waals surface area (Å²) < 4.78 is 80.2. The highest BCUT2D eigenvalue weighted by atomic mass is 19.4. The smallest absolute Gasteiger partial charge is 0.382 e. The van der Waals surface area contributed by atoms with Crippen LogP contribution in [0.1, 0.15) is 36.1 Å². The Morgan fingerprint density at radius 2 is 1.74 bits per heavy atom. The fourth-order valence-electron chi connectivity index (χ4n) is 4.04. The first kappa shape index (κ1) is 27.8. The zero-order valence-electron chi connectivity index (χ0n) is 20.5. The van der Waals surface area contributed by atoms with E-state index in [1.54, 1.807) is 4.90 Å². The van der Waals surface area contributed by atoms with Crippen LogP contribution in [0, 0.1) is 0 Å². The van der Waals surface area contributed by atoms with Gasteiger partial charge in [-0.05, 0) is 37.5 Å². The highest BCUT2D eigenvalue weighted by Crippen LogP contribution is 2.37. The van der Waals surface area contributed by atoms with Gasteiger partial charge in [-0.2, -0.15) is 26.3 Å². The normalized spacial score (nSPS) is 14.8. The molecule has 206 valence electrons. The number of nitrogens with two attached hydrogens (primary N) is 1. The molecule has 0 amide bonds. The maximum Gasteiger partial charge on any atom is 0.418 e. The predicted molar refractivity (Wildman–Crippen MR) is 134 cm³/mol. The van der Waals surface area contributed by atoms with Crippen LogP contribution in [-0.4, -0.2) is 44.8 Å². The van der Waals surface area contributed by atoms with E-state index < -0.39 is 29.2 Å². The monoisotopic (exact) mass is 550 g/mol. The molecule has 3 N–H and O–H groups in total. The van der Waals surface area contributed by atoms with Gasteiger partial charge < -0.3 is 16.0 Å². The number of allylic oxidation sites excluding steroid dienone is 2. The summed E-state index contributed by atoms with van der Waals surface area (Å²) in [5.41, 5.74) is 4.03. The molecule has 0 saturated carbocycles. The largest absolute Gasteiger partial charge is 0.418 e. The van der Waals surface area contributed by atoms with Gasteiger partial charge in [0.2, 0.25) is 0 Å². The second-order valence-corrected chi connectivity index (χ2v) is 8.71. The van der Waals surface area contributed by atoms with Crippen LogP contribution < -0.4 is 16.0 Å². The van der Waals surface area contributed by atoms with E-state index in [0.29, 0.717) is 24.9 Å². The van der Waals surface area contributed by atoms with Crippen LogP contribution in [0.25, 0.3) is 17.0 Å². The van der Waals surface area contributed by atoms with E-state index in [0.717, 1.165) is 43.7 Å². The van der Waals surface area contributed by atoms with Crippen molar-refractivity contribution in [2.24, 2.45) is 0 Å². The van der Waals surface area contributed by atoms with Crippen molar-refractivity contribution in [3.05, 3.63) is 66.1 Å². The summed E-state index contributed by atoms with van der Waals surface area (Å²) in [6.45, 7) is 4.83. The minimum Gasteiger partial charge on any atom is -0.382 e. The molecular weight excluding hydrogens is 526 g/mol. The van der Waals surface area contributed by atoms with Crippen molar-refractivity contribution in [2.75, 3.05) is 35.6 Å². The summed E-state index contributed by atoms with van der Waals surface area (Å²) in [6, 6.07) is 3.01. The molecule has 0 unspecified atom stereocenters. The van der Waals surface area contributed by atoms with Gasteiger partial charge in [0.1, 0.15) is 22.9 Å². The number of nitrogen functional groups attached to an aromatic ring is 1. The Balaban J connectivity index is 1.59. The Bertz CT molecular complexity index is 1350. The Hall–Kier alpha value is -4.23. The summed E-state index contributed by atoms with van der Waals surface area (Å²) in [5.74, 6) is 0.111. The van der Waals surface area contributed by atoms with Gasteiger partial charge in [0, 0.05) is 31.4 Å². The third-order valence-corrected chi connectivity index (χ3v) is 5.98. The number of anilines is 3. The lowest BCUT2D eigenvalue weighted by atomic mass is 10.1. The van der Waals surface area contributed by atoms with E-state index >= 15 is 0 Å². The Labute approximate surface area is 219 Å². The number of hydrogen-bond acceptors (Lipinski definition) is 8. The SMILES string of the molecule is C=C/C=C(/CNc1ccc(C(F)(F)F)cn1)c1ncc(-c2nnc(N3CCCCC3)cc2C(F)(F)F)nc1N. The molecule has 0 spiro atoms. The molecule has 1 saturated heterocycles. The fourth-order valence-corrected chi connectivity index (χ4v) is 4.04. The van der Waals surface area contributed by atoms with Crippen molar-refractivity contribution in [1.29, 1.82) is 0 Å². The molecule has 4 heterocycles. The fraction of sp³-hybridized carbons (Fsp3) is 0.320. The van der Waals surface area contributed by atoms with Crippen molar-refractivity contribution >= 4 is 23.0 Å². The average molecular weight is 551 g/mol. The molecule has 0 aliphatic carbocycles. The summed E-state index contributed by atoms with van der Waals surface area (Å²) in [4.78, 5) is 13.8. The van der Waals surface area contributed by atoms with Crippen LogP contribution in [0.15, 0.2) is 49.3 Å². The number of nitrogens with zero attached hydrogens (tertiary/aromatic N) is 6. The van der Waals surface area contributed by atoms with Crippen LogP contribution in [0.4, 0.5) is 43.8 Å². The van der Waals surface area contributed by atoms with Crippen molar-refractivity contribution in [3.63, 3.8) is 0 Å². The van der Waals surface area contributed by atoms with E-state index in [2.05, 4.69) is 37.0 Å². The topological polar surface area (TPSA) is 106 Å². The summed E-state index contributed by atoms with van der Waals surface area (Å²) in [5, 5.41) is 10.7. The highest BCUT2D eigenvalue weighted by Gasteiger charge is 2.37. The van der Waals surface area contributed by atoms with E-state index in [1.807, 2.05) is 0 Å². The molecule has 0 atom stereocenters. The van der Waals surface area contributed by atoms with Gasteiger partial charge in [-0.3, -0.25) is 4.98 Å². The lowest BCUT2D eigenvalue weighted by Crippen LogP contribution is -2.30. The molecule has 3 aromatic rings. The minimum atomic E-state index is -4.72. The third-order valence-electron chi connectivity index (χ3n) is 5.98. The maximum absolute atomic E-state index is 14.0. The van der Waals surface area contributed by atoms with E-state index in [9.17, 15) is 26.3 Å². The summed E-state index contributed by atoms with van der Waals surface area (Å²) in [6.07, 6.45) is -1.75. The Morgan fingerprint density at radius 1 is 1.00 bits per heavy atom. The van der Waals surface area contributed by atoms with Crippen LogP contribution >= 0.6 is 0 Å². The molecule has 14 heteroatoms. The van der Waals surface area contributed by atoms with Gasteiger partial charge in [0.05, 0.1) is 17.3 Å². The molecule has 39 heavy (non-hydrogen) atoms. The van der Waals surface area contributed by atoms with Crippen LogP contribution in [0.2, 0.25) is 0 Å². The first-order valence-corrected chi connectivity index (χ1v) is 11.9. The van der Waals surface area contributed by atoms with Crippen molar-refractivity contribution in [1.82, 2.24) is 25.1 Å². The summed E-state index contributed by atoms with van der Waals surface area (Å²) in [7, 11) is 0. The lowest BCUT2D eigenvalue weighted by molar-refractivity contribution is -0.138. The molecule has 0 bridgehead atoms. The van der Waals surface area contributed by atoms with Crippen molar-refractivity contribution < 1.29 is 26.3 Å². The number of halogens is 6. The molecule has 1 fully saturated rings. The first-order valence-electron chi connectivity index (χ1n) is 11.9. The molecule has 8 nitrogen and oxygen atoms in total. The van der Waals surface area contributed by atoms with Gasteiger partial charge in [-0.1, -0.05) is 18.7 Å². The second-order valence-electron chi connectivity index (χ2n) is 8.71. The molecule has 0 aromatic carbocycles. The number of alkyl halides is 6. The highest BCUT2D eigenvalue weighted by molar-refractivity contribution is 5.75.